The Morgan fingerprint density at radius 2 is 2.08 bits per heavy atom. The first-order valence-electron chi connectivity index (χ1n) is 7.63. The number of aromatic hydroxyl groups is 1. The lowest BCUT2D eigenvalue weighted by atomic mass is 9.99. The minimum absolute atomic E-state index is 0.00300. The highest BCUT2D eigenvalue weighted by atomic mass is 32.1. The number of methoxy groups -OCH3 is 1. The molecular weight excluding hydrogens is 336 g/mol. The van der Waals surface area contributed by atoms with Gasteiger partial charge in [-0.2, -0.15) is 0 Å². The van der Waals surface area contributed by atoms with Crippen molar-refractivity contribution in [1.29, 1.82) is 0 Å². The summed E-state index contributed by atoms with van der Waals surface area (Å²) in [5.41, 5.74) is 5.79. The molecule has 2 aromatic heterocycles. The fourth-order valence-electron chi connectivity index (χ4n) is 3.13. The van der Waals surface area contributed by atoms with E-state index in [-0.39, 0.29) is 11.5 Å². The van der Waals surface area contributed by atoms with Gasteiger partial charge in [0, 0.05) is 46.3 Å². The number of thiazole rings is 1. The average molecular weight is 350 g/mol. The molecule has 124 valence electrons. The van der Waals surface area contributed by atoms with Crippen LogP contribution in [0.25, 0.3) is 11.1 Å². The average Bonchev–Trinajstić information content (AvgIpc) is 3.16. The van der Waals surface area contributed by atoms with Crippen molar-refractivity contribution in [2.75, 3.05) is 7.11 Å². The lowest BCUT2D eigenvalue weighted by molar-refractivity contribution is 0.105. The number of carbonyl (C=O) groups excluding carboxylic acids is 1. The van der Waals surface area contributed by atoms with Gasteiger partial charge in [-0.1, -0.05) is 6.07 Å². The zero-order valence-corrected chi connectivity index (χ0v) is 14.4. The molecule has 0 bridgehead atoms. The SMILES string of the molecule is COc1cc(O)cc2c1C(c1scnc1C)=C(c1cccnc1)C2=O. The molecule has 0 saturated heterocycles. The van der Waals surface area contributed by atoms with E-state index in [1.165, 1.54) is 30.6 Å². The zero-order chi connectivity index (χ0) is 17.6. The van der Waals surface area contributed by atoms with E-state index in [1.54, 1.807) is 24.0 Å². The Kier molecular flexibility index (Phi) is 3.62. The Balaban J connectivity index is 2.11. The van der Waals surface area contributed by atoms with E-state index in [0.717, 1.165) is 21.7 Å². The van der Waals surface area contributed by atoms with Crippen molar-refractivity contribution in [3.63, 3.8) is 0 Å². The van der Waals surface area contributed by atoms with Crippen LogP contribution < -0.4 is 4.74 Å². The molecule has 0 unspecified atom stereocenters. The van der Waals surface area contributed by atoms with Gasteiger partial charge in [0.15, 0.2) is 5.78 Å². The molecule has 0 aliphatic heterocycles. The third kappa shape index (κ3) is 2.34. The van der Waals surface area contributed by atoms with Gasteiger partial charge in [-0.25, -0.2) is 4.98 Å². The molecule has 4 rings (SSSR count). The molecule has 3 aromatic rings. The molecule has 5 nitrogen and oxygen atoms in total. The summed E-state index contributed by atoms with van der Waals surface area (Å²) in [5.74, 6) is 0.307. The van der Waals surface area contributed by atoms with Crippen LogP contribution in [-0.4, -0.2) is 28.0 Å². The highest BCUT2D eigenvalue weighted by Crippen LogP contribution is 2.48. The second kappa shape index (κ2) is 5.82. The molecule has 1 aromatic carbocycles. The first-order chi connectivity index (χ1) is 12.1. The molecule has 1 aliphatic rings. The summed E-state index contributed by atoms with van der Waals surface area (Å²) in [4.78, 5) is 22.6. The van der Waals surface area contributed by atoms with Gasteiger partial charge < -0.3 is 9.84 Å². The number of ether oxygens (including phenoxy) is 1. The number of pyridine rings is 1. The molecule has 6 heteroatoms. The van der Waals surface area contributed by atoms with E-state index < -0.39 is 0 Å². The molecule has 0 radical (unpaired) electrons. The van der Waals surface area contributed by atoms with Gasteiger partial charge >= 0.3 is 0 Å². The predicted octanol–water partition coefficient (Wildman–Crippen LogP) is 3.72. The van der Waals surface area contributed by atoms with Gasteiger partial charge in [0.1, 0.15) is 11.5 Å². The van der Waals surface area contributed by atoms with Crippen LogP contribution in [0.15, 0.2) is 42.2 Å². The number of benzene rings is 1. The minimum Gasteiger partial charge on any atom is -0.508 e. The Hall–Kier alpha value is -2.99. The summed E-state index contributed by atoms with van der Waals surface area (Å²) in [6, 6.07) is 6.66. The Morgan fingerprint density at radius 3 is 2.72 bits per heavy atom. The summed E-state index contributed by atoms with van der Waals surface area (Å²) in [6.07, 6.45) is 3.34. The number of carbonyl (C=O) groups is 1. The summed E-state index contributed by atoms with van der Waals surface area (Å²) in [5, 5.41) is 9.98. The number of rotatable bonds is 3. The third-order valence-corrected chi connectivity index (χ3v) is 5.15. The van der Waals surface area contributed by atoms with Gasteiger partial charge in [0.25, 0.3) is 0 Å². The van der Waals surface area contributed by atoms with Crippen LogP contribution in [0.5, 0.6) is 11.5 Å². The maximum absolute atomic E-state index is 13.2. The largest absolute Gasteiger partial charge is 0.508 e. The van der Waals surface area contributed by atoms with Crippen LogP contribution in [0.2, 0.25) is 0 Å². The molecule has 0 fully saturated rings. The van der Waals surface area contributed by atoms with Gasteiger partial charge in [-0.3, -0.25) is 9.78 Å². The summed E-state index contributed by atoms with van der Waals surface area (Å²) < 4.78 is 5.46. The molecule has 0 spiro atoms. The molecule has 25 heavy (non-hydrogen) atoms. The van der Waals surface area contributed by atoms with Crippen molar-refractivity contribution in [2.45, 2.75) is 6.92 Å². The lowest BCUT2D eigenvalue weighted by Gasteiger charge is -2.11. The van der Waals surface area contributed by atoms with E-state index in [1.807, 2.05) is 13.0 Å². The smallest absolute Gasteiger partial charge is 0.195 e. The van der Waals surface area contributed by atoms with Crippen LogP contribution >= 0.6 is 11.3 Å². The topological polar surface area (TPSA) is 72.3 Å². The summed E-state index contributed by atoms with van der Waals surface area (Å²) in [7, 11) is 1.53. The van der Waals surface area contributed by atoms with Crippen molar-refractivity contribution >= 4 is 28.3 Å². The minimum atomic E-state index is -0.153. The maximum atomic E-state index is 13.2. The lowest BCUT2D eigenvalue weighted by Crippen LogP contribution is -1.99. The van der Waals surface area contributed by atoms with Crippen LogP contribution in [0.4, 0.5) is 0 Å². The van der Waals surface area contributed by atoms with Gasteiger partial charge in [0.05, 0.1) is 23.2 Å². The first-order valence-corrected chi connectivity index (χ1v) is 8.51. The Morgan fingerprint density at radius 1 is 1.24 bits per heavy atom. The van der Waals surface area contributed by atoms with Crippen LogP contribution in [0.3, 0.4) is 0 Å². The highest BCUT2D eigenvalue weighted by molar-refractivity contribution is 7.11. The second-order valence-electron chi connectivity index (χ2n) is 5.66. The molecule has 0 atom stereocenters. The van der Waals surface area contributed by atoms with E-state index in [2.05, 4.69) is 9.97 Å². The number of Topliss-reactive ketones (excluding diaryl/α,β-unsaturated/α-hetero) is 1. The zero-order valence-electron chi connectivity index (χ0n) is 13.6. The number of allylic oxidation sites excluding steroid dienone is 1. The molecule has 0 amide bonds. The molecule has 1 aliphatic carbocycles. The van der Waals surface area contributed by atoms with Crippen LogP contribution in [-0.2, 0) is 0 Å². The number of aryl methyl sites for hydroxylation is 1. The van der Waals surface area contributed by atoms with Crippen LogP contribution in [0, 0.1) is 6.92 Å². The van der Waals surface area contributed by atoms with Crippen molar-refractivity contribution < 1.29 is 14.6 Å². The first kappa shape index (κ1) is 15.5. The van der Waals surface area contributed by atoms with E-state index in [4.69, 9.17) is 4.74 Å². The van der Waals surface area contributed by atoms with Crippen molar-refractivity contribution in [2.24, 2.45) is 0 Å². The molecule has 2 heterocycles. The number of aromatic nitrogens is 2. The normalized spacial score (nSPS) is 13.3. The number of fused-ring (bicyclic) bond motifs is 1. The van der Waals surface area contributed by atoms with Gasteiger partial charge in [-0.15, -0.1) is 11.3 Å². The quantitative estimate of drug-likeness (QED) is 0.779. The van der Waals surface area contributed by atoms with Gasteiger partial charge in [0.2, 0.25) is 0 Å². The summed E-state index contributed by atoms with van der Waals surface area (Å²) in [6.45, 7) is 1.91. The number of nitrogens with zero attached hydrogens (tertiary/aromatic N) is 2. The molecule has 1 N–H and O–H groups in total. The number of phenolic OH excluding ortho intramolecular Hbond substituents is 1. The maximum Gasteiger partial charge on any atom is 0.195 e. The number of ketones is 1. The predicted molar refractivity (Wildman–Crippen MR) is 96.0 cm³/mol. The highest BCUT2D eigenvalue weighted by Gasteiger charge is 2.36. The number of hydrogen-bond donors (Lipinski definition) is 1. The number of hydrogen-bond acceptors (Lipinski definition) is 6. The Labute approximate surface area is 148 Å². The monoisotopic (exact) mass is 350 g/mol. The second-order valence-corrected chi connectivity index (χ2v) is 6.51. The molecule has 0 saturated carbocycles. The fourth-order valence-corrected chi connectivity index (χ4v) is 3.99. The standard InChI is InChI=1S/C19H14N2O3S/c1-10-19(25-9-21-10)17-15(11-4-3-5-20-8-11)18(23)13-6-12(22)7-14(24-2)16(13)17/h3-9,22H,1-2H3. The fraction of sp³-hybridized carbons (Fsp3) is 0.105. The summed E-state index contributed by atoms with van der Waals surface area (Å²) >= 11 is 1.47. The van der Waals surface area contributed by atoms with E-state index in [9.17, 15) is 9.90 Å². The van der Waals surface area contributed by atoms with Crippen LogP contribution in [0.1, 0.15) is 32.1 Å². The molecular formula is C19H14N2O3S. The van der Waals surface area contributed by atoms with Gasteiger partial charge in [-0.05, 0) is 19.1 Å². The van der Waals surface area contributed by atoms with Crippen molar-refractivity contribution in [3.8, 4) is 11.5 Å². The van der Waals surface area contributed by atoms with Crippen molar-refractivity contribution in [1.82, 2.24) is 9.97 Å². The van der Waals surface area contributed by atoms with E-state index >= 15 is 0 Å². The number of phenols is 1. The van der Waals surface area contributed by atoms with Crippen molar-refractivity contribution in [3.05, 3.63) is 69.4 Å². The third-order valence-electron chi connectivity index (χ3n) is 4.20. The van der Waals surface area contributed by atoms with E-state index in [0.29, 0.717) is 22.4 Å². The Bertz CT molecular complexity index is 1020.